The molecule has 120 valence electrons. The predicted octanol–water partition coefficient (Wildman–Crippen LogP) is 1.88. The van der Waals surface area contributed by atoms with Crippen molar-refractivity contribution in [1.82, 2.24) is 5.43 Å². The van der Waals surface area contributed by atoms with E-state index in [0.29, 0.717) is 11.3 Å². The van der Waals surface area contributed by atoms with Gasteiger partial charge in [0.25, 0.3) is 5.91 Å². The molecule has 0 saturated carbocycles. The van der Waals surface area contributed by atoms with E-state index in [2.05, 4.69) is 10.5 Å². The number of hydrogen-bond donors (Lipinski definition) is 3. The highest BCUT2D eigenvalue weighted by atomic mass is 16.5. The van der Waals surface area contributed by atoms with E-state index in [1.165, 1.54) is 32.6 Å². The Labute approximate surface area is 132 Å². The Hall–Kier alpha value is -3.22. The number of nitrogens with zero attached hydrogens (tertiary/aromatic N) is 1. The van der Waals surface area contributed by atoms with Crippen LogP contribution >= 0.6 is 0 Å². The lowest BCUT2D eigenvalue weighted by Crippen LogP contribution is -2.17. The fourth-order valence-electron chi connectivity index (χ4n) is 1.90. The maximum absolute atomic E-state index is 12.0. The molecule has 7 heteroatoms. The maximum Gasteiger partial charge on any atom is 0.275 e. The molecule has 0 aromatic heterocycles. The fourth-order valence-corrected chi connectivity index (χ4v) is 1.90. The summed E-state index contributed by atoms with van der Waals surface area (Å²) >= 11 is 0. The Bertz CT molecular complexity index is 743. The lowest BCUT2D eigenvalue weighted by Gasteiger charge is -2.07. The lowest BCUT2D eigenvalue weighted by molar-refractivity contribution is 0.0952. The standard InChI is InChI=1S/C16H16N2O5/c1-22-12-7-3-5-10(14(12)19)9-17-18-16(21)11-6-4-8-13(23-2)15(11)20/h3-9,19-20H,1-2H3,(H,18,21)/b17-9-. The zero-order valence-corrected chi connectivity index (χ0v) is 12.6. The number of hydrogen-bond acceptors (Lipinski definition) is 6. The zero-order valence-electron chi connectivity index (χ0n) is 12.6. The van der Waals surface area contributed by atoms with E-state index in [4.69, 9.17) is 9.47 Å². The number of para-hydroxylation sites is 2. The van der Waals surface area contributed by atoms with Gasteiger partial charge in [-0.05, 0) is 24.3 Å². The number of phenolic OH excluding ortho intramolecular Hbond substituents is 2. The Morgan fingerprint density at radius 3 is 2.30 bits per heavy atom. The highest BCUT2D eigenvalue weighted by molar-refractivity contribution is 5.98. The molecule has 2 aromatic carbocycles. The normalized spacial score (nSPS) is 10.5. The molecule has 3 N–H and O–H groups in total. The number of rotatable bonds is 5. The van der Waals surface area contributed by atoms with E-state index in [-0.39, 0.29) is 22.8 Å². The van der Waals surface area contributed by atoms with E-state index in [1.54, 1.807) is 24.3 Å². The molecular formula is C16H16N2O5. The number of phenols is 2. The van der Waals surface area contributed by atoms with Gasteiger partial charge in [-0.25, -0.2) is 5.43 Å². The Kier molecular flexibility index (Phi) is 5.03. The summed E-state index contributed by atoms with van der Waals surface area (Å²) in [6.07, 6.45) is 1.27. The molecule has 0 radical (unpaired) electrons. The maximum atomic E-state index is 12.0. The molecule has 0 saturated heterocycles. The van der Waals surface area contributed by atoms with E-state index in [9.17, 15) is 15.0 Å². The summed E-state index contributed by atoms with van der Waals surface area (Å²) in [5.74, 6) is -0.484. The minimum atomic E-state index is -0.611. The predicted molar refractivity (Wildman–Crippen MR) is 84.4 cm³/mol. The van der Waals surface area contributed by atoms with Gasteiger partial charge >= 0.3 is 0 Å². The number of hydrazone groups is 1. The molecule has 0 atom stereocenters. The summed E-state index contributed by atoms with van der Waals surface area (Å²) in [6.45, 7) is 0. The van der Waals surface area contributed by atoms with Crippen LogP contribution < -0.4 is 14.9 Å². The molecule has 2 aromatic rings. The Balaban J connectivity index is 2.13. The quantitative estimate of drug-likeness (QED) is 0.577. The molecular weight excluding hydrogens is 300 g/mol. The minimum absolute atomic E-state index is 0.0244. The van der Waals surface area contributed by atoms with E-state index < -0.39 is 5.91 Å². The molecule has 0 aliphatic rings. The summed E-state index contributed by atoms with van der Waals surface area (Å²) in [5.41, 5.74) is 2.67. The second-order valence-corrected chi connectivity index (χ2v) is 4.45. The Morgan fingerprint density at radius 2 is 1.65 bits per heavy atom. The molecule has 1 amide bonds. The minimum Gasteiger partial charge on any atom is -0.504 e. The molecule has 23 heavy (non-hydrogen) atoms. The van der Waals surface area contributed by atoms with Crippen molar-refractivity contribution < 1.29 is 24.5 Å². The number of aromatic hydroxyl groups is 2. The molecule has 0 bridgehead atoms. The number of nitrogens with one attached hydrogen (secondary N) is 1. The Morgan fingerprint density at radius 1 is 1.04 bits per heavy atom. The molecule has 0 heterocycles. The van der Waals surface area contributed by atoms with Gasteiger partial charge in [0, 0.05) is 5.56 Å². The summed E-state index contributed by atoms with van der Waals surface area (Å²) in [7, 11) is 2.82. The van der Waals surface area contributed by atoms with Crippen LogP contribution in [0.15, 0.2) is 41.5 Å². The average molecular weight is 316 g/mol. The third kappa shape index (κ3) is 3.52. The van der Waals surface area contributed by atoms with Gasteiger partial charge in [-0.3, -0.25) is 4.79 Å². The summed E-state index contributed by atoms with van der Waals surface area (Å²) < 4.78 is 9.91. The summed E-state index contributed by atoms with van der Waals surface area (Å²) in [6, 6.07) is 9.42. The highest BCUT2D eigenvalue weighted by Gasteiger charge is 2.14. The second-order valence-electron chi connectivity index (χ2n) is 4.45. The van der Waals surface area contributed by atoms with Crippen LogP contribution in [0.1, 0.15) is 15.9 Å². The van der Waals surface area contributed by atoms with Gasteiger partial charge in [-0.2, -0.15) is 5.10 Å². The van der Waals surface area contributed by atoms with Gasteiger partial charge in [0.2, 0.25) is 0 Å². The molecule has 7 nitrogen and oxygen atoms in total. The molecule has 0 aliphatic heterocycles. The lowest BCUT2D eigenvalue weighted by atomic mass is 10.2. The van der Waals surface area contributed by atoms with Crippen LogP contribution in [-0.2, 0) is 0 Å². The van der Waals surface area contributed by atoms with Crippen LogP contribution in [0.25, 0.3) is 0 Å². The monoisotopic (exact) mass is 316 g/mol. The van der Waals surface area contributed by atoms with Gasteiger partial charge < -0.3 is 19.7 Å². The summed E-state index contributed by atoms with van der Waals surface area (Å²) in [5, 5.41) is 23.6. The van der Waals surface area contributed by atoms with E-state index in [0.717, 1.165) is 0 Å². The van der Waals surface area contributed by atoms with Crippen LogP contribution in [0.5, 0.6) is 23.0 Å². The largest absolute Gasteiger partial charge is 0.504 e. The van der Waals surface area contributed by atoms with Gasteiger partial charge in [-0.15, -0.1) is 0 Å². The van der Waals surface area contributed by atoms with Gasteiger partial charge in [0.15, 0.2) is 23.0 Å². The molecule has 0 spiro atoms. The van der Waals surface area contributed by atoms with Crippen molar-refractivity contribution >= 4 is 12.1 Å². The summed E-state index contributed by atoms with van der Waals surface area (Å²) in [4.78, 5) is 12.0. The van der Waals surface area contributed by atoms with Crippen molar-refractivity contribution in [3.63, 3.8) is 0 Å². The fraction of sp³-hybridized carbons (Fsp3) is 0.125. The second kappa shape index (κ2) is 7.17. The topological polar surface area (TPSA) is 100 Å². The van der Waals surface area contributed by atoms with Gasteiger partial charge in [-0.1, -0.05) is 12.1 Å². The molecule has 0 aliphatic carbocycles. The first-order valence-electron chi connectivity index (χ1n) is 6.63. The zero-order chi connectivity index (χ0) is 16.8. The number of methoxy groups -OCH3 is 2. The third-order valence-corrected chi connectivity index (χ3v) is 3.08. The number of benzene rings is 2. The van der Waals surface area contributed by atoms with E-state index >= 15 is 0 Å². The molecule has 0 fully saturated rings. The van der Waals surface area contributed by atoms with Crippen LogP contribution in [0.2, 0.25) is 0 Å². The van der Waals surface area contributed by atoms with Crippen molar-refractivity contribution in [3.05, 3.63) is 47.5 Å². The van der Waals surface area contributed by atoms with Gasteiger partial charge in [0.05, 0.1) is 26.0 Å². The third-order valence-electron chi connectivity index (χ3n) is 3.08. The number of amides is 1. The van der Waals surface area contributed by atoms with Crippen LogP contribution in [0.3, 0.4) is 0 Å². The van der Waals surface area contributed by atoms with Crippen molar-refractivity contribution in [2.24, 2.45) is 5.10 Å². The first-order valence-corrected chi connectivity index (χ1v) is 6.63. The average Bonchev–Trinajstić information content (AvgIpc) is 2.56. The smallest absolute Gasteiger partial charge is 0.275 e. The van der Waals surface area contributed by atoms with Crippen molar-refractivity contribution in [2.75, 3.05) is 14.2 Å². The van der Waals surface area contributed by atoms with Crippen molar-refractivity contribution in [2.45, 2.75) is 0 Å². The van der Waals surface area contributed by atoms with Crippen LogP contribution in [-0.4, -0.2) is 36.6 Å². The molecule has 2 rings (SSSR count). The van der Waals surface area contributed by atoms with Crippen LogP contribution in [0.4, 0.5) is 0 Å². The number of ether oxygens (including phenoxy) is 2. The van der Waals surface area contributed by atoms with Crippen molar-refractivity contribution in [3.8, 4) is 23.0 Å². The van der Waals surface area contributed by atoms with Crippen LogP contribution in [0, 0.1) is 0 Å². The molecule has 0 unspecified atom stereocenters. The first-order chi connectivity index (χ1) is 11.1. The first kappa shape index (κ1) is 16.2. The van der Waals surface area contributed by atoms with E-state index in [1.807, 2.05) is 0 Å². The van der Waals surface area contributed by atoms with Gasteiger partial charge in [0.1, 0.15) is 0 Å². The number of carbonyl (C=O) groups is 1. The van der Waals surface area contributed by atoms with Crippen molar-refractivity contribution in [1.29, 1.82) is 0 Å². The SMILES string of the molecule is COc1cccc(/C=N\NC(=O)c2cccc(OC)c2O)c1O. The number of carbonyl (C=O) groups excluding carboxylic acids is 1. The highest BCUT2D eigenvalue weighted by Crippen LogP contribution is 2.29.